The Kier molecular flexibility index (Phi) is 4.38. The molecule has 0 unspecified atom stereocenters. The van der Waals surface area contributed by atoms with Gasteiger partial charge in [0.15, 0.2) is 0 Å². The lowest BCUT2D eigenvalue weighted by molar-refractivity contribution is -0.385. The Morgan fingerprint density at radius 3 is 2.76 bits per heavy atom. The molecule has 0 aliphatic carbocycles. The number of nitro groups is 1. The molecule has 7 nitrogen and oxygen atoms in total. The first-order valence-electron chi connectivity index (χ1n) is 4.68. The van der Waals surface area contributed by atoms with E-state index in [2.05, 4.69) is 15.9 Å². The van der Waals surface area contributed by atoms with Gasteiger partial charge in [-0.25, -0.2) is 0 Å². The van der Waals surface area contributed by atoms with Crippen LogP contribution in [-0.2, 0) is 11.3 Å². The fourth-order valence-electron chi connectivity index (χ4n) is 1.25. The molecule has 1 aromatic rings. The molecule has 0 saturated heterocycles. The third kappa shape index (κ3) is 3.66. The molecule has 0 radical (unpaired) electrons. The Hall–Kier alpha value is -1.70. The number of carboxylic acids is 1. The van der Waals surface area contributed by atoms with E-state index in [0.717, 1.165) is 16.8 Å². The van der Waals surface area contributed by atoms with Crippen LogP contribution in [0.1, 0.15) is 12.8 Å². The standard InChI is InChI=1S/C9H9BrN2O5/c10-7-4-6(12(16)17)5-11(9(7)15)3-1-2-8(13)14/h4-5H,1-3H2,(H,13,14). The molecule has 0 aromatic carbocycles. The SMILES string of the molecule is O=C(O)CCCn1cc([N+](=O)[O-])cc(Br)c1=O. The molecule has 0 amide bonds. The van der Waals surface area contributed by atoms with Crippen molar-refractivity contribution in [3.05, 3.63) is 37.2 Å². The number of carbonyl (C=O) groups is 1. The zero-order chi connectivity index (χ0) is 13.0. The third-order valence-corrected chi connectivity index (χ3v) is 2.60. The van der Waals surface area contributed by atoms with Crippen molar-refractivity contribution in [1.29, 1.82) is 0 Å². The summed E-state index contributed by atoms with van der Waals surface area (Å²) < 4.78 is 1.22. The molecule has 8 heteroatoms. The van der Waals surface area contributed by atoms with Crippen molar-refractivity contribution in [2.75, 3.05) is 0 Å². The van der Waals surface area contributed by atoms with Gasteiger partial charge in [-0.1, -0.05) is 0 Å². The molecule has 0 fully saturated rings. The maximum Gasteiger partial charge on any atom is 0.303 e. The average Bonchev–Trinajstić information content (AvgIpc) is 2.23. The normalized spacial score (nSPS) is 10.2. The summed E-state index contributed by atoms with van der Waals surface area (Å²) in [6.45, 7) is 0.130. The minimum absolute atomic E-state index is 0.0852. The van der Waals surface area contributed by atoms with E-state index in [9.17, 15) is 19.7 Å². The summed E-state index contributed by atoms with van der Waals surface area (Å²) in [6, 6.07) is 1.12. The Balaban J connectivity index is 2.94. The lowest BCUT2D eigenvalue weighted by atomic mass is 10.3. The molecule has 17 heavy (non-hydrogen) atoms. The Labute approximate surface area is 104 Å². The predicted molar refractivity (Wildman–Crippen MR) is 61.9 cm³/mol. The number of aryl methyl sites for hydroxylation is 1. The highest BCUT2D eigenvalue weighted by Gasteiger charge is 2.12. The summed E-state index contributed by atoms with van der Waals surface area (Å²) >= 11 is 2.93. The van der Waals surface area contributed by atoms with E-state index < -0.39 is 16.5 Å². The number of hydrogen-bond donors (Lipinski definition) is 1. The van der Waals surface area contributed by atoms with E-state index in [-0.39, 0.29) is 29.5 Å². The van der Waals surface area contributed by atoms with Crippen molar-refractivity contribution in [1.82, 2.24) is 4.57 Å². The van der Waals surface area contributed by atoms with Crippen molar-refractivity contribution < 1.29 is 14.8 Å². The van der Waals surface area contributed by atoms with Gasteiger partial charge in [-0.3, -0.25) is 19.7 Å². The lowest BCUT2D eigenvalue weighted by Gasteiger charge is -2.04. The molecular weight excluding hydrogens is 296 g/mol. The first kappa shape index (κ1) is 13.4. The smallest absolute Gasteiger partial charge is 0.303 e. The maximum absolute atomic E-state index is 11.6. The second-order valence-electron chi connectivity index (χ2n) is 3.30. The fourth-order valence-corrected chi connectivity index (χ4v) is 1.71. The van der Waals surface area contributed by atoms with Crippen LogP contribution in [0.3, 0.4) is 0 Å². The molecule has 0 saturated carbocycles. The quantitative estimate of drug-likeness (QED) is 0.654. The number of hydrogen-bond acceptors (Lipinski definition) is 4. The third-order valence-electron chi connectivity index (χ3n) is 2.03. The predicted octanol–water partition coefficient (Wildman–Crippen LogP) is 1.38. The van der Waals surface area contributed by atoms with E-state index in [4.69, 9.17) is 5.11 Å². The largest absolute Gasteiger partial charge is 0.481 e. The average molecular weight is 305 g/mol. The topological polar surface area (TPSA) is 102 Å². The summed E-state index contributed by atoms with van der Waals surface area (Å²) in [5.41, 5.74) is -0.632. The monoisotopic (exact) mass is 304 g/mol. The van der Waals surface area contributed by atoms with Crippen LogP contribution >= 0.6 is 15.9 Å². The molecule has 0 spiro atoms. The van der Waals surface area contributed by atoms with Gasteiger partial charge < -0.3 is 9.67 Å². The highest BCUT2D eigenvalue weighted by Crippen LogP contribution is 2.14. The summed E-state index contributed by atoms with van der Waals surface area (Å²) in [5, 5.41) is 19.0. The number of nitrogens with zero attached hydrogens (tertiary/aromatic N) is 2. The van der Waals surface area contributed by atoms with Crippen molar-refractivity contribution in [2.24, 2.45) is 0 Å². The van der Waals surface area contributed by atoms with E-state index >= 15 is 0 Å². The van der Waals surface area contributed by atoms with Crippen LogP contribution < -0.4 is 5.56 Å². The van der Waals surface area contributed by atoms with Crippen molar-refractivity contribution >= 4 is 27.6 Å². The molecule has 1 rings (SSSR count). The molecule has 0 atom stereocenters. The number of rotatable bonds is 5. The minimum atomic E-state index is -0.970. The molecule has 92 valence electrons. The highest BCUT2D eigenvalue weighted by molar-refractivity contribution is 9.10. The first-order chi connectivity index (χ1) is 7.91. The van der Waals surface area contributed by atoms with Gasteiger partial charge in [0.1, 0.15) is 0 Å². The van der Waals surface area contributed by atoms with Crippen molar-refractivity contribution in [2.45, 2.75) is 19.4 Å². The van der Waals surface area contributed by atoms with Crippen molar-refractivity contribution in [3.63, 3.8) is 0 Å². The number of aromatic nitrogens is 1. The Bertz CT molecular complexity index is 511. The number of carboxylic acid groups (broad SMARTS) is 1. The van der Waals surface area contributed by atoms with Gasteiger partial charge in [-0.05, 0) is 22.4 Å². The van der Waals surface area contributed by atoms with E-state index in [1.165, 1.54) is 0 Å². The molecule has 1 aromatic heterocycles. The van der Waals surface area contributed by atoms with Gasteiger partial charge in [-0.2, -0.15) is 0 Å². The second kappa shape index (κ2) is 5.58. The van der Waals surface area contributed by atoms with Gasteiger partial charge >= 0.3 is 5.97 Å². The van der Waals surface area contributed by atoms with Gasteiger partial charge in [0, 0.05) is 19.0 Å². The van der Waals surface area contributed by atoms with Crippen LogP contribution in [0, 0.1) is 10.1 Å². The second-order valence-corrected chi connectivity index (χ2v) is 4.15. The summed E-state index contributed by atoms with van der Waals surface area (Å²) in [7, 11) is 0. The van der Waals surface area contributed by atoms with E-state index in [1.54, 1.807) is 0 Å². The van der Waals surface area contributed by atoms with Crippen LogP contribution in [0.25, 0.3) is 0 Å². The van der Waals surface area contributed by atoms with Gasteiger partial charge in [0.2, 0.25) is 0 Å². The molecule has 0 bridgehead atoms. The van der Waals surface area contributed by atoms with Crippen LogP contribution in [0.5, 0.6) is 0 Å². The molecule has 0 aliphatic heterocycles. The number of pyridine rings is 1. The summed E-state index contributed by atoms with van der Waals surface area (Å²) in [5.74, 6) is -0.970. The zero-order valence-electron chi connectivity index (χ0n) is 8.63. The van der Waals surface area contributed by atoms with Crippen LogP contribution in [0.2, 0.25) is 0 Å². The fraction of sp³-hybridized carbons (Fsp3) is 0.333. The lowest BCUT2D eigenvalue weighted by Crippen LogP contribution is -2.21. The van der Waals surface area contributed by atoms with E-state index in [1.807, 2.05) is 0 Å². The van der Waals surface area contributed by atoms with Crippen LogP contribution in [0.4, 0.5) is 5.69 Å². The number of aliphatic carboxylic acids is 1. The number of halogens is 1. The summed E-state index contributed by atoms with van der Waals surface area (Å²) in [4.78, 5) is 31.8. The van der Waals surface area contributed by atoms with Gasteiger partial charge in [-0.15, -0.1) is 0 Å². The summed E-state index contributed by atoms with van der Waals surface area (Å²) in [6.07, 6.45) is 1.25. The van der Waals surface area contributed by atoms with Crippen molar-refractivity contribution in [3.8, 4) is 0 Å². The molecule has 1 N–H and O–H groups in total. The van der Waals surface area contributed by atoms with Crippen LogP contribution in [0.15, 0.2) is 21.5 Å². The first-order valence-corrected chi connectivity index (χ1v) is 5.47. The minimum Gasteiger partial charge on any atom is -0.481 e. The van der Waals surface area contributed by atoms with E-state index in [0.29, 0.717) is 0 Å². The van der Waals surface area contributed by atoms with Gasteiger partial charge in [0.25, 0.3) is 11.2 Å². The van der Waals surface area contributed by atoms with Crippen LogP contribution in [-0.4, -0.2) is 20.6 Å². The maximum atomic E-state index is 11.6. The molecular formula is C9H9BrN2O5. The Morgan fingerprint density at radius 2 is 2.24 bits per heavy atom. The van der Waals surface area contributed by atoms with Gasteiger partial charge in [0.05, 0.1) is 15.6 Å². The Morgan fingerprint density at radius 1 is 1.59 bits per heavy atom. The molecule has 1 heterocycles. The highest BCUT2D eigenvalue weighted by atomic mass is 79.9. The zero-order valence-corrected chi connectivity index (χ0v) is 10.2. The molecule has 0 aliphatic rings.